The second-order valence-corrected chi connectivity index (χ2v) is 6.92. The second-order valence-electron chi connectivity index (χ2n) is 6.92. The Balaban J connectivity index is 1.53. The van der Waals surface area contributed by atoms with Crippen LogP contribution in [0.15, 0.2) is 24.3 Å². The van der Waals surface area contributed by atoms with Crippen molar-refractivity contribution in [2.24, 2.45) is 5.92 Å². The third-order valence-electron chi connectivity index (χ3n) is 5.74. The maximum Gasteiger partial charge on any atom is 0.226 e. The van der Waals surface area contributed by atoms with Crippen LogP contribution in [0.3, 0.4) is 0 Å². The quantitative estimate of drug-likeness (QED) is 0.907. The number of para-hydroxylation sites is 1. The van der Waals surface area contributed by atoms with E-state index in [1.165, 1.54) is 12.0 Å². The zero-order valence-electron chi connectivity index (χ0n) is 13.2. The van der Waals surface area contributed by atoms with Crippen molar-refractivity contribution in [1.29, 1.82) is 0 Å². The molecule has 1 amide bonds. The monoisotopic (exact) mass is 300 g/mol. The first-order valence-corrected chi connectivity index (χ1v) is 8.43. The number of carbonyl (C=O) groups excluding carboxylic acids is 1. The number of rotatable bonds is 2. The highest BCUT2D eigenvalue weighted by atomic mass is 16.5. The summed E-state index contributed by atoms with van der Waals surface area (Å²) in [5, 5.41) is 3.32. The molecular weight excluding hydrogens is 276 g/mol. The number of ether oxygens (including phenoxy) is 1. The summed E-state index contributed by atoms with van der Waals surface area (Å²) in [6.45, 7) is 2.52. The molecule has 22 heavy (non-hydrogen) atoms. The van der Waals surface area contributed by atoms with Gasteiger partial charge in [-0.25, -0.2) is 0 Å². The van der Waals surface area contributed by atoms with Gasteiger partial charge in [0.1, 0.15) is 5.75 Å². The van der Waals surface area contributed by atoms with Gasteiger partial charge in [0.15, 0.2) is 0 Å². The van der Waals surface area contributed by atoms with E-state index in [0.717, 1.165) is 44.7 Å². The van der Waals surface area contributed by atoms with Crippen LogP contribution in [-0.4, -0.2) is 43.6 Å². The summed E-state index contributed by atoms with van der Waals surface area (Å²) in [6, 6.07) is 8.71. The van der Waals surface area contributed by atoms with E-state index in [2.05, 4.69) is 22.3 Å². The standard InChI is InChI=1S/C18H24N2O2/c1-19-13-5-4-9-20(12-13)17(21)15-11-18(15)8-10-22-16-7-3-2-6-14(16)18/h2-3,6-7,13,15,19H,4-5,8-12H2,1H3. The summed E-state index contributed by atoms with van der Waals surface area (Å²) in [7, 11) is 1.99. The molecule has 3 unspecified atom stereocenters. The largest absolute Gasteiger partial charge is 0.493 e. The zero-order chi connectivity index (χ0) is 15.2. The van der Waals surface area contributed by atoms with Gasteiger partial charge in [0.25, 0.3) is 0 Å². The summed E-state index contributed by atoms with van der Waals surface area (Å²) in [4.78, 5) is 15.0. The Kier molecular flexibility index (Phi) is 3.37. The van der Waals surface area contributed by atoms with Crippen LogP contribution in [-0.2, 0) is 10.2 Å². The van der Waals surface area contributed by atoms with Gasteiger partial charge in [-0.3, -0.25) is 4.79 Å². The lowest BCUT2D eigenvalue weighted by atomic mass is 9.87. The minimum Gasteiger partial charge on any atom is -0.493 e. The summed E-state index contributed by atoms with van der Waals surface area (Å²) < 4.78 is 5.77. The van der Waals surface area contributed by atoms with E-state index < -0.39 is 0 Å². The summed E-state index contributed by atoms with van der Waals surface area (Å²) in [6.07, 6.45) is 4.25. The Morgan fingerprint density at radius 3 is 3.14 bits per heavy atom. The first kappa shape index (κ1) is 14.1. The van der Waals surface area contributed by atoms with Gasteiger partial charge in [0.2, 0.25) is 5.91 Å². The summed E-state index contributed by atoms with van der Waals surface area (Å²) >= 11 is 0. The van der Waals surface area contributed by atoms with E-state index in [1.54, 1.807) is 0 Å². The van der Waals surface area contributed by atoms with E-state index in [-0.39, 0.29) is 11.3 Å². The van der Waals surface area contributed by atoms with Crippen molar-refractivity contribution >= 4 is 5.91 Å². The number of hydrogen-bond acceptors (Lipinski definition) is 3. The number of likely N-dealkylation sites (tertiary alicyclic amines) is 1. The van der Waals surface area contributed by atoms with Crippen LogP contribution in [0.5, 0.6) is 5.75 Å². The first-order valence-electron chi connectivity index (χ1n) is 8.43. The fraction of sp³-hybridized carbons (Fsp3) is 0.611. The Bertz CT molecular complexity index is 588. The van der Waals surface area contributed by atoms with Crippen molar-refractivity contribution < 1.29 is 9.53 Å². The van der Waals surface area contributed by atoms with Crippen molar-refractivity contribution in [3.05, 3.63) is 29.8 Å². The van der Waals surface area contributed by atoms with Crippen LogP contribution in [0.25, 0.3) is 0 Å². The molecule has 2 fully saturated rings. The highest BCUT2D eigenvalue weighted by molar-refractivity contribution is 5.85. The van der Waals surface area contributed by atoms with Gasteiger partial charge in [-0.2, -0.15) is 0 Å². The third kappa shape index (κ3) is 2.12. The molecule has 4 rings (SSSR count). The van der Waals surface area contributed by atoms with E-state index in [4.69, 9.17) is 4.74 Å². The van der Waals surface area contributed by atoms with E-state index in [9.17, 15) is 4.79 Å². The van der Waals surface area contributed by atoms with Crippen molar-refractivity contribution in [2.75, 3.05) is 26.7 Å². The highest BCUT2D eigenvalue weighted by Gasteiger charge is 2.61. The fourth-order valence-electron chi connectivity index (χ4n) is 4.32. The fourth-order valence-corrected chi connectivity index (χ4v) is 4.32. The van der Waals surface area contributed by atoms with Crippen LogP contribution in [0, 0.1) is 5.92 Å². The average molecular weight is 300 g/mol. The minimum absolute atomic E-state index is 0.0541. The van der Waals surface area contributed by atoms with Crippen LogP contribution in [0.4, 0.5) is 0 Å². The number of carbonyl (C=O) groups is 1. The smallest absolute Gasteiger partial charge is 0.226 e. The van der Waals surface area contributed by atoms with Crippen LogP contribution in [0.1, 0.15) is 31.2 Å². The summed E-state index contributed by atoms with van der Waals surface area (Å²) in [5.41, 5.74) is 1.31. The number of hydrogen-bond donors (Lipinski definition) is 1. The predicted molar refractivity (Wildman–Crippen MR) is 85.0 cm³/mol. The summed E-state index contributed by atoms with van der Waals surface area (Å²) in [5.74, 6) is 1.50. The van der Waals surface area contributed by atoms with Gasteiger partial charge in [0.05, 0.1) is 6.61 Å². The van der Waals surface area contributed by atoms with Gasteiger partial charge in [-0.1, -0.05) is 18.2 Å². The van der Waals surface area contributed by atoms with Gasteiger partial charge in [0, 0.05) is 36.0 Å². The van der Waals surface area contributed by atoms with Crippen molar-refractivity contribution in [1.82, 2.24) is 10.2 Å². The molecule has 2 aliphatic heterocycles. The molecule has 0 radical (unpaired) electrons. The van der Waals surface area contributed by atoms with Crippen molar-refractivity contribution in [3.63, 3.8) is 0 Å². The average Bonchev–Trinajstić information content (AvgIpc) is 3.29. The van der Waals surface area contributed by atoms with Gasteiger partial charge < -0.3 is 15.0 Å². The number of amides is 1. The van der Waals surface area contributed by atoms with Gasteiger partial charge in [-0.15, -0.1) is 0 Å². The molecule has 0 aromatic heterocycles. The van der Waals surface area contributed by atoms with Gasteiger partial charge in [-0.05, 0) is 38.8 Å². The highest BCUT2D eigenvalue weighted by Crippen LogP contribution is 2.61. The Morgan fingerprint density at radius 1 is 1.41 bits per heavy atom. The molecule has 1 N–H and O–H groups in total. The van der Waals surface area contributed by atoms with Crippen molar-refractivity contribution in [2.45, 2.75) is 37.1 Å². The van der Waals surface area contributed by atoms with E-state index in [0.29, 0.717) is 11.9 Å². The lowest BCUT2D eigenvalue weighted by molar-refractivity contribution is -0.134. The molecule has 1 aliphatic carbocycles. The number of likely N-dealkylation sites (N-methyl/N-ethyl adjacent to an activating group) is 1. The van der Waals surface area contributed by atoms with Crippen molar-refractivity contribution in [3.8, 4) is 5.75 Å². The molecule has 1 saturated carbocycles. The zero-order valence-corrected chi connectivity index (χ0v) is 13.2. The first-order chi connectivity index (χ1) is 10.7. The molecule has 0 bridgehead atoms. The molecule has 1 spiro atoms. The Hall–Kier alpha value is -1.55. The molecular formula is C18H24N2O2. The lowest BCUT2D eigenvalue weighted by Gasteiger charge is -2.34. The number of fused-ring (bicyclic) bond motifs is 2. The molecule has 1 saturated heterocycles. The van der Waals surface area contributed by atoms with E-state index in [1.807, 2.05) is 19.2 Å². The molecule has 4 nitrogen and oxygen atoms in total. The van der Waals surface area contributed by atoms with Crippen LogP contribution in [0.2, 0.25) is 0 Å². The number of nitrogens with one attached hydrogen (secondary N) is 1. The minimum atomic E-state index is 0.0541. The maximum absolute atomic E-state index is 13.0. The van der Waals surface area contributed by atoms with Crippen LogP contribution < -0.4 is 10.1 Å². The molecule has 1 aromatic rings. The Morgan fingerprint density at radius 2 is 2.27 bits per heavy atom. The molecule has 2 heterocycles. The number of piperidine rings is 1. The second kappa shape index (κ2) is 5.27. The molecule has 1 aromatic carbocycles. The van der Waals surface area contributed by atoms with E-state index >= 15 is 0 Å². The number of nitrogens with zero attached hydrogens (tertiary/aromatic N) is 1. The molecule has 4 heteroatoms. The number of benzene rings is 1. The molecule has 118 valence electrons. The topological polar surface area (TPSA) is 41.6 Å². The van der Waals surface area contributed by atoms with Crippen LogP contribution >= 0.6 is 0 Å². The maximum atomic E-state index is 13.0. The normalized spacial score (nSPS) is 33.2. The third-order valence-corrected chi connectivity index (χ3v) is 5.74. The SMILES string of the molecule is CNC1CCCN(C(=O)C2CC23CCOc2ccccc23)C1. The molecule has 3 atom stereocenters. The Labute approximate surface area is 131 Å². The predicted octanol–water partition coefficient (Wildman–Crippen LogP) is 1.94. The molecule has 3 aliphatic rings. The van der Waals surface area contributed by atoms with Gasteiger partial charge >= 0.3 is 0 Å². The lowest BCUT2D eigenvalue weighted by Crippen LogP contribution is -2.48.